The molecule has 1 N–H and O–H groups in total. The molecular weight excluding hydrogens is 392 g/mol. The smallest absolute Gasteiger partial charge is 0.349 e. The largest absolute Gasteiger partial charge is 0.459 e. The van der Waals surface area contributed by atoms with E-state index in [4.69, 9.17) is 9.15 Å². The summed E-state index contributed by atoms with van der Waals surface area (Å²) in [7, 11) is 0. The number of carbonyl (C=O) groups is 3. The topological polar surface area (TPSA) is 88.9 Å². The van der Waals surface area contributed by atoms with Gasteiger partial charge in [-0.15, -0.1) is 11.3 Å². The summed E-state index contributed by atoms with van der Waals surface area (Å²) >= 11 is 1.08. The van der Waals surface area contributed by atoms with Crippen LogP contribution in [0, 0.1) is 6.92 Å². The molecule has 7 nitrogen and oxygen atoms in total. The van der Waals surface area contributed by atoms with Crippen molar-refractivity contribution in [1.82, 2.24) is 0 Å². The van der Waals surface area contributed by atoms with Crippen molar-refractivity contribution in [2.24, 2.45) is 0 Å². The number of ether oxygens (including phenoxy) is 1. The molecule has 3 rings (SSSR count). The molecule has 0 bridgehead atoms. The third-order valence-corrected chi connectivity index (χ3v) is 5.23. The number of nitrogens with one attached hydrogen (secondary N) is 1. The fourth-order valence-corrected chi connectivity index (χ4v) is 3.67. The van der Waals surface area contributed by atoms with Crippen LogP contribution in [0.15, 0.2) is 59.2 Å². The number of para-hydroxylation sites is 1. The Morgan fingerprint density at radius 1 is 1.14 bits per heavy atom. The Kier molecular flexibility index (Phi) is 6.46. The van der Waals surface area contributed by atoms with E-state index in [-0.39, 0.29) is 18.3 Å². The molecule has 2 amide bonds. The summed E-state index contributed by atoms with van der Waals surface area (Å²) in [6.45, 7) is 3.68. The van der Waals surface area contributed by atoms with Crippen molar-refractivity contribution < 1.29 is 23.5 Å². The molecule has 29 heavy (non-hydrogen) atoms. The van der Waals surface area contributed by atoms with E-state index >= 15 is 0 Å². The first kappa shape index (κ1) is 20.3. The van der Waals surface area contributed by atoms with Crippen LogP contribution in [0.5, 0.6) is 0 Å². The summed E-state index contributed by atoms with van der Waals surface area (Å²) in [5, 5.41) is 3.16. The maximum Gasteiger partial charge on any atom is 0.349 e. The number of likely N-dealkylation sites (N-methyl/N-ethyl adjacent to an activating group) is 1. The Morgan fingerprint density at radius 3 is 2.55 bits per heavy atom. The standard InChI is InChI=1S/C21H20N2O5S/c1-3-23(15-8-5-4-6-9-15)18(24)13-28-21(26)19-14(2)12-17(29-19)22-20(25)16-10-7-11-27-16/h4-12H,3,13H2,1-2H3,(H,22,25). The Balaban J connectivity index is 1.61. The fourth-order valence-electron chi connectivity index (χ4n) is 2.71. The molecule has 0 unspecified atom stereocenters. The highest BCUT2D eigenvalue weighted by molar-refractivity contribution is 7.18. The number of nitrogens with zero attached hydrogens (tertiary/aromatic N) is 1. The van der Waals surface area contributed by atoms with Crippen LogP contribution < -0.4 is 10.2 Å². The molecule has 0 aliphatic rings. The Labute approximate surface area is 171 Å². The summed E-state index contributed by atoms with van der Waals surface area (Å²) in [6, 6.07) is 14.0. The second kappa shape index (κ2) is 9.20. The molecular formula is C21H20N2O5S. The molecule has 8 heteroatoms. The van der Waals surface area contributed by atoms with E-state index < -0.39 is 11.9 Å². The Morgan fingerprint density at radius 2 is 1.90 bits per heavy atom. The highest BCUT2D eigenvalue weighted by Gasteiger charge is 2.20. The lowest BCUT2D eigenvalue weighted by Crippen LogP contribution is -2.34. The number of rotatable bonds is 7. The first-order valence-corrected chi connectivity index (χ1v) is 9.79. The monoisotopic (exact) mass is 412 g/mol. The van der Waals surface area contributed by atoms with E-state index in [2.05, 4.69) is 5.32 Å². The van der Waals surface area contributed by atoms with Crippen molar-refractivity contribution in [3.63, 3.8) is 0 Å². The highest BCUT2D eigenvalue weighted by Crippen LogP contribution is 2.28. The molecule has 0 fully saturated rings. The van der Waals surface area contributed by atoms with E-state index in [1.165, 1.54) is 6.26 Å². The lowest BCUT2D eigenvalue weighted by atomic mass is 10.3. The summed E-state index contributed by atoms with van der Waals surface area (Å²) < 4.78 is 10.3. The van der Waals surface area contributed by atoms with E-state index in [1.807, 2.05) is 37.3 Å². The normalized spacial score (nSPS) is 10.4. The molecule has 3 aromatic rings. The third-order valence-electron chi connectivity index (χ3n) is 4.10. The predicted molar refractivity (Wildman–Crippen MR) is 110 cm³/mol. The number of furan rings is 1. The maximum atomic E-state index is 12.5. The van der Waals surface area contributed by atoms with Crippen molar-refractivity contribution in [2.45, 2.75) is 13.8 Å². The molecule has 0 atom stereocenters. The fraction of sp³-hybridized carbons (Fsp3) is 0.190. The average Bonchev–Trinajstić information content (AvgIpc) is 3.37. The number of esters is 1. The van der Waals surface area contributed by atoms with Gasteiger partial charge in [0.25, 0.3) is 11.8 Å². The van der Waals surface area contributed by atoms with Crippen molar-refractivity contribution in [3.8, 4) is 0 Å². The van der Waals surface area contributed by atoms with E-state index in [1.54, 1.807) is 30.0 Å². The SMILES string of the molecule is CCN(C(=O)COC(=O)c1sc(NC(=O)c2ccco2)cc1C)c1ccccc1. The number of anilines is 2. The van der Waals surface area contributed by atoms with Crippen LogP contribution in [0.3, 0.4) is 0 Å². The van der Waals surface area contributed by atoms with Gasteiger partial charge >= 0.3 is 5.97 Å². The van der Waals surface area contributed by atoms with Gasteiger partial charge in [0, 0.05) is 12.2 Å². The lowest BCUT2D eigenvalue weighted by molar-refractivity contribution is -0.121. The van der Waals surface area contributed by atoms with Gasteiger partial charge in [0.1, 0.15) is 4.88 Å². The second-order valence-electron chi connectivity index (χ2n) is 6.10. The number of hydrogen-bond donors (Lipinski definition) is 1. The number of amides is 2. The van der Waals surface area contributed by atoms with Gasteiger partial charge < -0.3 is 19.4 Å². The lowest BCUT2D eigenvalue weighted by Gasteiger charge is -2.20. The first-order valence-electron chi connectivity index (χ1n) is 8.97. The summed E-state index contributed by atoms with van der Waals surface area (Å²) in [4.78, 5) is 38.8. The van der Waals surface area contributed by atoms with Crippen molar-refractivity contribution in [1.29, 1.82) is 0 Å². The number of benzene rings is 1. The van der Waals surface area contributed by atoms with Crippen molar-refractivity contribution >= 4 is 39.8 Å². The zero-order valence-electron chi connectivity index (χ0n) is 16.0. The van der Waals surface area contributed by atoms with Gasteiger partial charge in [-0.25, -0.2) is 4.79 Å². The van der Waals surface area contributed by atoms with Crippen LogP contribution in [-0.4, -0.2) is 30.9 Å². The number of carbonyl (C=O) groups excluding carboxylic acids is 3. The molecule has 0 saturated heterocycles. The zero-order valence-corrected chi connectivity index (χ0v) is 16.8. The molecule has 0 saturated carbocycles. The summed E-state index contributed by atoms with van der Waals surface area (Å²) in [5.41, 5.74) is 1.39. The van der Waals surface area contributed by atoms with Crippen LogP contribution in [0.1, 0.15) is 32.7 Å². The van der Waals surface area contributed by atoms with Gasteiger partial charge in [-0.1, -0.05) is 18.2 Å². The molecule has 0 spiro atoms. The Hall–Kier alpha value is -3.39. The molecule has 0 aliphatic heterocycles. The summed E-state index contributed by atoms with van der Waals surface area (Å²) in [5.74, 6) is -1.16. The second-order valence-corrected chi connectivity index (χ2v) is 7.16. The number of aryl methyl sites for hydroxylation is 1. The van der Waals surface area contributed by atoms with E-state index in [0.29, 0.717) is 22.0 Å². The molecule has 0 radical (unpaired) electrons. The minimum absolute atomic E-state index is 0.173. The van der Waals surface area contributed by atoms with Crippen LogP contribution in [0.4, 0.5) is 10.7 Å². The van der Waals surface area contributed by atoms with Crippen LogP contribution in [0.2, 0.25) is 0 Å². The first-order chi connectivity index (χ1) is 14.0. The van der Waals surface area contributed by atoms with Crippen LogP contribution >= 0.6 is 11.3 Å². The molecule has 2 heterocycles. The Bertz CT molecular complexity index is 996. The molecule has 2 aromatic heterocycles. The third kappa shape index (κ3) is 4.91. The minimum Gasteiger partial charge on any atom is -0.459 e. The highest BCUT2D eigenvalue weighted by atomic mass is 32.1. The summed E-state index contributed by atoms with van der Waals surface area (Å²) in [6.07, 6.45) is 1.41. The van der Waals surface area contributed by atoms with Crippen molar-refractivity contribution in [3.05, 3.63) is 71.0 Å². The predicted octanol–water partition coefficient (Wildman–Crippen LogP) is 4.11. The van der Waals surface area contributed by atoms with Gasteiger partial charge in [-0.2, -0.15) is 0 Å². The average molecular weight is 412 g/mol. The van der Waals surface area contributed by atoms with Gasteiger partial charge in [0.05, 0.1) is 11.3 Å². The quantitative estimate of drug-likeness (QED) is 0.590. The van der Waals surface area contributed by atoms with Crippen LogP contribution in [-0.2, 0) is 9.53 Å². The van der Waals surface area contributed by atoms with Gasteiger partial charge in [-0.3, -0.25) is 9.59 Å². The minimum atomic E-state index is -0.608. The van der Waals surface area contributed by atoms with Crippen LogP contribution in [0.25, 0.3) is 0 Å². The number of thiophene rings is 1. The molecule has 1 aromatic carbocycles. The number of hydrogen-bond acceptors (Lipinski definition) is 6. The van der Waals surface area contributed by atoms with E-state index in [0.717, 1.165) is 17.0 Å². The van der Waals surface area contributed by atoms with E-state index in [9.17, 15) is 14.4 Å². The molecule has 150 valence electrons. The van der Waals surface area contributed by atoms with Gasteiger partial charge in [0.2, 0.25) is 0 Å². The molecule has 0 aliphatic carbocycles. The maximum absolute atomic E-state index is 12.5. The van der Waals surface area contributed by atoms with Gasteiger partial charge in [-0.05, 0) is 49.7 Å². The zero-order chi connectivity index (χ0) is 20.8. The van der Waals surface area contributed by atoms with Crippen molar-refractivity contribution in [2.75, 3.05) is 23.4 Å². The van der Waals surface area contributed by atoms with Gasteiger partial charge in [0.15, 0.2) is 12.4 Å².